The van der Waals surface area contributed by atoms with Gasteiger partial charge < -0.3 is 24.4 Å². The van der Waals surface area contributed by atoms with Gasteiger partial charge in [0, 0.05) is 25.9 Å². The monoisotopic (exact) mass is 740 g/mol. The zero-order valence-electron chi connectivity index (χ0n) is 34.2. The molecule has 1 unspecified atom stereocenters. The Labute approximate surface area is 324 Å². The van der Waals surface area contributed by atoms with Crippen LogP contribution in [-0.2, 0) is 19.0 Å². The van der Waals surface area contributed by atoms with Crippen molar-refractivity contribution in [1.82, 2.24) is 10.2 Å². The maximum absolute atomic E-state index is 12.7. The molecular formula is C45H77N3O5. The number of ether oxygens (including phenoxy) is 3. The number of nitrogens with zero attached hydrogens (tertiary/aromatic N) is 1. The molecule has 0 saturated carbocycles. The van der Waals surface area contributed by atoms with E-state index >= 15 is 0 Å². The highest BCUT2D eigenvalue weighted by atomic mass is 16.6. The second-order valence-corrected chi connectivity index (χ2v) is 14.9. The first kappa shape index (κ1) is 47.9. The van der Waals surface area contributed by atoms with E-state index in [-0.39, 0.29) is 30.6 Å². The fraction of sp³-hybridized carbons (Fsp3) is 0.711. The SMILES string of the molecule is CC/C=C\C/C=C\C/C=C\CCCCCCCC(=N)OCC(COC(=O)CCCCCCC/C=C\C/C=C\CCCCC)OC(=O)NC1(C)CN(C)C1. The smallest absolute Gasteiger partial charge is 0.408 e. The van der Waals surface area contributed by atoms with Crippen LogP contribution in [-0.4, -0.2) is 67.9 Å². The Morgan fingerprint density at radius 3 is 1.68 bits per heavy atom. The molecule has 0 aromatic carbocycles. The number of nitrogens with one attached hydrogen (secondary N) is 2. The molecule has 1 rings (SSSR count). The van der Waals surface area contributed by atoms with Crippen LogP contribution in [0.15, 0.2) is 60.8 Å². The van der Waals surface area contributed by atoms with Crippen molar-refractivity contribution in [3.8, 4) is 0 Å². The number of hydrogen-bond acceptors (Lipinski definition) is 7. The van der Waals surface area contributed by atoms with Crippen LogP contribution in [0, 0.1) is 5.41 Å². The van der Waals surface area contributed by atoms with Gasteiger partial charge >= 0.3 is 12.1 Å². The predicted molar refractivity (Wildman–Crippen MR) is 223 cm³/mol. The van der Waals surface area contributed by atoms with E-state index in [4.69, 9.17) is 19.6 Å². The van der Waals surface area contributed by atoms with Gasteiger partial charge in [-0.15, -0.1) is 0 Å². The molecule has 8 heteroatoms. The Bertz CT molecular complexity index is 1090. The highest BCUT2D eigenvalue weighted by molar-refractivity contribution is 5.72. The maximum atomic E-state index is 12.7. The number of likely N-dealkylation sites (tertiary alicyclic amines) is 1. The molecule has 8 nitrogen and oxygen atoms in total. The summed E-state index contributed by atoms with van der Waals surface area (Å²) in [5.74, 6) is -0.126. The molecule has 302 valence electrons. The number of hydrogen-bond donors (Lipinski definition) is 2. The lowest BCUT2D eigenvalue weighted by molar-refractivity contribution is -0.147. The van der Waals surface area contributed by atoms with Gasteiger partial charge in [-0.3, -0.25) is 10.2 Å². The van der Waals surface area contributed by atoms with Gasteiger partial charge in [-0.2, -0.15) is 0 Å². The van der Waals surface area contributed by atoms with E-state index in [1.165, 1.54) is 44.9 Å². The van der Waals surface area contributed by atoms with Crippen molar-refractivity contribution >= 4 is 18.0 Å². The third-order valence-corrected chi connectivity index (χ3v) is 9.18. The molecule has 1 amide bonds. The molecule has 0 spiro atoms. The number of esters is 1. The molecule has 1 aliphatic rings. The first-order valence-electron chi connectivity index (χ1n) is 21.1. The molecule has 0 aliphatic carbocycles. The van der Waals surface area contributed by atoms with Crippen LogP contribution < -0.4 is 5.32 Å². The molecule has 0 aromatic rings. The van der Waals surface area contributed by atoms with Gasteiger partial charge in [0.15, 0.2) is 12.0 Å². The first-order valence-corrected chi connectivity index (χ1v) is 21.1. The zero-order chi connectivity index (χ0) is 38.7. The number of amides is 1. The number of carbonyl (C=O) groups is 2. The van der Waals surface area contributed by atoms with Crippen LogP contribution >= 0.6 is 0 Å². The van der Waals surface area contributed by atoms with E-state index in [0.29, 0.717) is 12.8 Å². The van der Waals surface area contributed by atoms with Crippen molar-refractivity contribution in [3.63, 3.8) is 0 Å². The molecule has 1 atom stereocenters. The Kier molecular flexibility index (Phi) is 30.2. The molecule has 1 fully saturated rings. The highest BCUT2D eigenvalue weighted by Crippen LogP contribution is 2.18. The minimum atomic E-state index is -0.785. The average molecular weight is 740 g/mol. The predicted octanol–water partition coefficient (Wildman–Crippen LogP) is 11.7. The number of alkyl carbamates (subject to hydrolysis) is 1. The fourth-order valence-corrected chi connectivity index (χ4v) is 6.28. The zero-order valence-corrected chi connectivity index (χ0v) is 34.2. The van der Waals surface area contributed by atoms with Gasteiger partial charge in [-0.25, -0.2) is 4.79 Å². The van der Waals surface area contributed by atoms with Crippen molar-refractivity contribution < 1.29 is 23.8 Å². The normalized spacial score (nSPS) is 15.2. The van der Waals surface area contributed by atoms with Gasteiger partial charge in [0.05, 0.1) is 5.54 Å². The van der Waals surface area contributed by atoms with Gasteiger partial charge in [0.2, 0.25) is 0 Å². The van der Waals surface area contributed by atoms with E-state index in [1.54, 1.807) is 0 Å². The lowest BCUT2D eigenvalue weighted by atomic mass is 9.93. The summed E-state index contributed by atoms with van der Waals surface area (Å²) in [6.07, 6.45) is 44.0. The molecule has 0 bridgehead atoms. The van der Waals surface area contributed by atoms with Crippen LogP contribution in [0.2, 0.25) is 0 Å². The first-order chi connectivity index (χ1) is 25.8. The Balaban J connectivity index is 2.25. The Morgan fingerprint density at radius 2 is 1.13 bits per heavy atom. The minimum absolute atomic E-state index is 0.0171. The second-order valence-electron chi connectivity index (χ2n) is 14.9. The highest BCUT2D eigenvalue weighted by Gasteiger charge is 2.38. The summed E-state index contributed by atoms with van der Waals surface area (Å²) in [5.41, 5.74) is -0.346. The van der Waals surface area contributed by atoms with Crippen molar-refractivity contribution in [2.75, 3.05) is 33.4 Å². The van der Waals surface area contributed by atoms with Crippen LogP contribution in [0.4, 0.5) is 4.79 Å². The molecule has 0 aromatic heterocycles. The molecular weight excluding hydrogens is 663 g/mol. The van der Waals surface area contributed by atoms with E-state index in [0.717, 1.165) is 96.6 Å². The van der Waals surface area contributed by atoms with Crippen LogP contribution in [0.5, 0.6) is 0 Å². The lowest BCUT2D eigenvalue weighted by Gasteiger charge is -2.46. The van der Waals surface area contributed by atoms with Crippen LogP contribution in [0.25, 0.3) is 0 Å². The topological polar surface area (TPSA) is 101 Å². The molecule has 53 heavy (non-hydrogen) atoms. The van der Waals surface area contributed by atoms with Crippen molar-refractivity contribution in [2.45, 2.75) is 174 Å². The average Bonchev–Trinajstić information content (AvgIpc) is 3.12. The number of carbonyl (C=O) groups excluding carboxylic acids is 2. The number of rotatable bonds is 33. The number of likely N-dealkylation sites (N-methyl/N-ethyl adjacent to an activating group) is 1. The van der Waals surface area contributed by atoms with E-state index < -0.39 is 12.2 Å². The standard InChI is InChI=1S/C45H77N3O5/c1-5-7-9-11-13-15-17-19-21-23-25-27-29-31-33-35-42(46)51-37-41(53-44(50)47-45(3)39-48(4)40-45)38-52-43(49)36-34-32-30-28-26-24-22-20-18-16-14-12-10-8-6-2/h7,9,13-16,19-22,41,46H,5-6,8,10-12,17-18,23-40H2,1-4H3,(H,47,50)/b9-7-,15-13-,16-14-,21-19-,22-20-,46-42?. The van der Waals surface area contributed by atoms with Gasteiger partial charge in [-0.05, 0) is 91.0 Å². The lowest BCUT2D eigenvalue weighted by Crippen LogP contribution is -2.67. The number of unbranched alkanes of at least 4 members (excludes halogenated alkanes) is 13. The molecule has 1 saturated heterocycles. The Hall–Kier alpha value is -3.13. The Morgan fingerprint density at radius 1 is 0.660 bits per heavy atom. The van der Waals surface area contributed by atoms with Crippen molar-refractivity contribution in [3.05, 3.63) is 60.8 Å². The third-order valence-electron chi connectivity index (χ3n) is 9.18. The molecule has 0 radical (unpaired) electrons. The summed E-state index contributed by atoms with van der Waals surface area (Å²) >= 11 is 0. The summed E-state index contributed by atoms with van der Waals surface area (Å²) in [5, 5.41) is 11.2. The maximum Gasteiger partial charge on any atom is 0.408 e. The van der Waals surface area contributed by atoms with Crippen LogP contribution in [0.3, 0.4) is 0 Å². The van der Waals surface area contributed by atoms with Gasteiger partial charge in [-0.1, -0.05) is 126 Å². The minimum Gasteiger partial charge on any atom is -0.477 e. The fourth-order valence-electron chi connectivity index (χ4n) is 6.28. The summed E-state index contributed by atoms with van der Waals surface area (Å²) in [6, 6.07) is 0. The molecule has 1 aliphatic heterocycles. The molecule has 1 heterocycles. The third kappa shape index (κ3) is 30.0. The van der Waals surface area contributed by atoms with Gasteiger partial charge in [0.25, 0.3) is 0 Å². The van der Waals surface area contributed by atoms with Crippen molar-refractivity contribution in [1.29, 1.82) is 5.41 Å². The van der Waals surface area contributed by atoms with Crippen LogP contribution in [0.1, 0.15) is 162 Å². The second kappa shape index (κ2) is 33.4. The van der Waals surface area contributed by atoms with E-state index in [2.05, 4.69) is 84.8 Å². The largest absolute Gasteiger partial charge is 0.477 e. The summed E-state index contributed by atoms with van der Waals surface area (Å²) in [6.45, 7) is 7.74. The van der Waals surface area contributed by atoms with E-state index in [1.807, 2.05) is 14.0 Å². The van der Waals surface area contributed by atoms with Crippen molar-refractivity contribution in [2.24, 2.45) is 0 Å². The molecule has 2 N–H and O–H groups in total. The number of allylic oxidation sites excluding steroid dienone is 10. The quantitative estimate of drug-likeness (QED) is 0.0228. The summed E-state index contributed by atoms with van der Waals surface area (Å²) < 4.78 is 16.8. The summed E-state index contributed by atoms with van der Waals surface area (Å²) in [7, 11) is 2.00. The van der Waals surface area contributed by atoms with E-state index in [9.17, 15) is 9.59 Å². The van der Waals surface area contributed by atoms with Gasteiger partial charge in [0.1, 0.15) is 13.2 Å². The summed E-state index contributed by atoms with van der Waals surface area (Å²) in [4.78, 5) is 27.3.